The van der Waals surface area contributed by atoms with Gasteiger partial charge >= 0.3 is 0 Å². The lowest BCUT2D eigenvalue weighted by Gasteiger charge is -2.41. The second-order valence-corrected chi connectivity index (χ2v) is 6.21. The molecule has 2 nitrogen and oxygen atoms in total. The molecule has 1 heterocycles. The van der Waals surface area contributed by atoms with E-state index >= 15 is 0 Å². The van der Waals surface area contributed by atoms with Crippen LogP contribution in [0.1, 0.15) is 40.5 Å². The summed E-state index contributed by atoms with van der Waals surface area (Å²) in [6, 6.07) is 1.03. The molecule has 0 N–H and O–H groups in total. The van der Waals surface area contributed by atoms with Crippen molar-refractivity contribution >= 4 is 17.5 Å². The highest BCUT2D eigenvalue weighted by Gasteiger charge is 2.32. The molecule has 0 aliphatic carbocycles. The lowest BCUT2D eigenvalue weighted by Crippen LogP contribution is -2.50. The maximum atomic E-state index is 11.6. The Hall–Kier alpha value is -0.0200. The second kappa shape index (κ2) is 6.65. The first-order valence-corrected chi connectivity index (χ1v) is 7.59. The molecule has 1 saturated heterocycles. The average Bonchev–Trinajstić information content (AvgIpc) is 2.26. The lowest BCUT2D eigenvalue weighted by molar-refractivity contribution is -0.128. The number of ketones is 1. The molecule has 0 aromatic carbocycles. The molecular weight excluding hydrogens is 218 g/mol. The van der Waals surface area contributed by atoms with Crippen molar-refractivity contribution in [3.05, 3.63) is 0 Å². The van der Waals surface area contributed by atoms with E-state index in [2.05, 4.69) is 32.6 Å². The lowest BCUT2D eigenvalue weighted by atomic mass is 9.89. The summed E-state index contributed by atoms with van der Waals surface area (Å²) in [6.07, 6.45) is 1.99. The van der Waals surface area contributed by atoms with Gasteiger partial charge in [0.05, 0.1) is 0 Å². The van der Waals surface area contributed by atoms with Crippen LogP contribution in [-0.4, -0.2) is 40.8 Å². The van der Waals surface area contributed by atoms with Gasteiger partial charge < -0.3 is 0 Å². The standard InChI is InChI=1S/C13H25NOS/c1-5-16-9-7-10(2)14-8-6-13(15)11(3)12(14)4/h10-12H,5-9H2,1-4H3. The van der Waals surface area contributed by atoms with Crippen LogP contribution in [0.25, 0.3) is 0 Å². The van der Waals surface area contributed by atoms with Crippen molar-refractivity contribution < 1.29 is 4.79 Å². The summed E-state index contributed by atoms with van der Waals surface area (Å²) in [4.78, 5) is 14.1. The molecule has 0 radical (unpaired) electrons. The fourth-order valence-electron chi connectivity index (χ4n) is 2.41. The van der Waals surface area contributed by atoms with Crippen molar-refractivity contribution in [3.63, 3.8) is 0 Å². The van der Waals surface area contributed by atoms with E-state index in [1.807, 2.05) is 11.8 Å². The van der Waals surface area contributed by atoms with Crippen molar-refractivity contribution in [2.45, 2.75) is 52.6 Å². The molecule has 1 aliphatic rings. The zero-order valence-electron chi connectivity index (χ0n) is 11.0. The first-order chi connectivity index (χ1) is 7.57. The second-order valence-electron chi connectivity index (χ2n) is 4.82. The third-order valence-corrected chi connectivity index (χ3v) is 4.75. The van der Waals surface area contributed by atoms with Crippen molar-refractivity contribution in [1.82, 2.24) is 4.90 Å². The molecule has 16 heavy (non-hydrogen) atoms. The van der Waals surface area contributed by atoms with Gasteiger partial charge in [0.2, 0.25) is 0 Å². The SMILES string of the molecule is CCSCCC(C)N1CCC(=O)C(C)C1C. The van der Waals surface area contributed by atoms with Crippen LogP contribution >= 0.6 is 11.8 Å². The van der Waals surface area contributed by atoms with Crippen LogP contribution in [0.4, 0.5) is 0 Å². The van der Waals surface area contributed by atoms with E-state index < -0.39 is 0 Å². The molecule has 1 rings (SSSR count). The van der Waals surface area contributed by atoms with Crippen LogP contribution in [0.2, 0.25) is 0 Å². The highest BCUT2D eigenvalue weighted by molar-refractivity contribution is 7.99. The summed E-state index contributed by atoms with van der Waals surface area (Å²) in [5.74, 6) is 3.11. The van der Waals surface area contributed by atoms with Crippen molar-refractivity contribution in [2.24, 2.45) is 5.92 Å². The number of carbonyl (C=O) groups is 1. The van der Waals surface area contributed by atoms with Gasteiger partial charge in [-0.3, -0.25) is 9.69 Å². The predicted octanol–water partition coefficient (Wildman–Crippen LogP) is 2.82. The van der Waals surface area contributed by atoms with Crippen molar-refractivity contribution in [3.8, 4) is 0 Å². The van der Waals surface area contributed by atoms with Gasteiger partial charge in [-0.05, 0) is 31.8 Å². The summed E-state index contributed by atoms with van der Waals surface area (Å²) in [6.45, 7) is 9.75. The van der Waals surface area contributed by atoms with Gasteiger partial charge in [0, 0.05) is 31.0 Å². The maximum Gasteiger partial charge on any atom is 0.138 e. The Kier molecular flexibility index (Phi) is 5.84. The van der Waals surface area contributed by atoms with E-state index in [0.717, 1.165) is 13.0 Å². The molecule has 3 atom stereocenters. The van der Waals surface area contributed by atoms with Crippen LogP contribution in [0, 0.1) is 5.92 Å². The average molecular weight is 243 g/mol. The molecule has 0 bridgehead atoms. The fourth-order valence-corrected chi connectivity index (χ4v) is 3.21. The van der Waals surface area contributed by atoms with Gasteiger partial charge in [0.1, 0.15) is 5.78 Å². The van der Waals surface area contributed by atoms with Gasteiger partial charge in [-0.1, -0.05) is 13.8 Å². The van der Waals surface area contributed by atoms with Gasteiger partial charge in [-0.2, -0.15) is 11.8 Å². The number of piperidine rings is 1. The largest absolute Gasteiger partial charge is 0.299 e. The molecule has 0 aromatic heterocycles. The van der Waals surface area contributed by atoms with E-state index in [-0.39, 0.29) is 5.92 Å². The Labute approximate surface area is 104 Å². The molecule has 1 fully saturated rings. The summed E-state index contributed by atoms with van der Waals surface area (Å²) in [5.41, 5.74) is 0. The quantitative estimate of drug-likeness (QED) is 0.693. The Bertz CT molecular complexity index is 232. The van der Waals surface area contributed by atoms with Crippen LogP contribution in [0.15, 0.2) is 0 Å². The van der Waals surface area contributed by atoms with Gasteiger partial charge in [0.25, 0.3) is 0 Å². The number of Topliss-reactive ketones (excluding diaryl/α,β-unsaturated/α-hetero) is 1. The number of thioether (sulfide) groups is 1. The summed E-state index contributed by atoms with van der Waals surface area (Å²) < 4.78 is 0. The number of rotatable bonds is 5. The molecule has 0 aromatic rings. The topological polar surface area (TPSA) is 20.3 Å². The molecule has 1 aliphatic heterocycles. The predicted molar refractivity (Wildman–Crippen MR) is 72.0 cm³/mol. The molecule has 3 unspecified atom stereocenters. The Balaban J connectivity index is 2.43. The summed E-state index contributed by atoms with van der Waals surface area (Å²) in [7, 11) is 0. The van der Waals surface area contributed by atoms with E-state index in [4.69, 9.17) is 0 Å². The van der Waals surface area contributed by atoms with Crippen molar-refractivity contribution in [2.75, 3.05) is 18.1 Å². The highest BCUT2D eigenvalue weighted by Crippen LogP contribution is 2.23. The Morgan fingerprint density at radius 1 is 1.50 bits per heavy atom. The number of nitrogens with zero attached hydrogens (tertiary/aromatic N) is 1. The first kappa shape index (κ1) is 14.0. The van der Waals surface area contributed by atoms with Gasteiger partial charge in [-0.25, -0.2) is 0 Å². The van der Waals surface area contributed by atoms with Gasteiger partial charge in [0.15, 0.2) is 0 Å². The molecule has 3 heteroatoms. The number of hydrogen-bond donors (Lipinski definition) is 0. The van der Waals surface area contributed by atoms with E-state index in [1.165, 1.54) is 17.9 Å². The molecule has 94 valence electrons. The monoisotopic (exact) mass is 243 g/mol. The van der Waals surface area contributed by atoms with Crippen molar-refractivity contribution in [1.29, 1.82) is 0 Å². The van der Waals surface area contributed by atoms with E-state index in [1.54, 1.807) is 0 Å². The zero-order chi connectivity index (χ0) is 12.1. The smallest absolute Gasteiger partial charge is 0.138 e. The first-order valence-electron chi connectivity index (χ1n) is 6.44. The van der Waals surface area contributed by atoms with E-state index in [9.17, 15) is 4.79 Å². The zero-order valence-corrected chi connectivity index (χ0v) is 11.8. The summed E-state index contributed by atoms with van der Waals surface area (Å²) in [5, 5.41) is 0. The van der Waals surface area contributed by atoms with Crippen LogP contribution in [0.3, 0.4) is 0 Å². The van der Waals surface area contributed by atoms with Crippen LogP contribution < -0.4 is 0 Å². The third-order valence-electron chi connectivity index (χ3n) is 3.82. The fraction of sp³-hybridized carbons (Fsp3) is 0.923. The minimum atomic E-state index is 0.218. The van der Waals surface area contributed by atoms with E-state index in [0.29, 0.717) is 17.9 Å². The molecule has 0 spiro atoms. The highest BCUT2D eigenvalue weighted by atomic mass is 32.2. The molecule has 0 amide bonds. The molecule has 0 saturated carbocycles. The third kappa shape index (κ3) is 3.49. The maximum absolute atomic E-state index is 11.6. The number of carbonyl (C=O) groups excluding carboxylic acids is 1. The summed E-state index contributed by atoms with van der Waals surface area (Å²) >= 11 is 2.01. The van der Waals surface area contributed by atoms with Crippen LogP contribution in [0.5, 0.6) is 0 Å². The van der Waals surface area contributed by atoms with Gasteiger partial charge in [-0.15, -0.1) is 0 Å². The number of hydrogen-bond acceptors (Lipinski definition) is 3. The normalized spacial score (nSPS) is 29.4. The van der Waals surface area contributed by atoms with Crippen LogP contribution in [-0.2, 0) is 4.79 Å². The minimum Gasteiger partial charge on any atom is -0.299 e. The molecular formula is C13H25NOS. The minimum absolute atomic E-state index is 0.218. The number of likely N-dealkylation sites (tertiary alicyclic amines) is 1. The Morgan fingerprint density at radius 3 is 2.81 bits per heavy atom. The Morgan fingerprint density at radius 2 is 2.19 bits per heavy atom.